The van der Waals surface area contributed by atoms with E-state index in [1.165, 1.54) is 0 Å². The maximum atomic E-state index is 12.1. The third kappa shape index (κ3) is 3.80. The summed E-state index contributed by atoms with van der Waals surface area (Å²) in [5.74, 6) is 0.155. The lowest BCUT2D eigenvalue weighted by Gasteiger charge is -2.19. The fourth-order valence-electron chi connectivity index (χ4n) is 2.21. The molecule has 1 fully saturated rings. The number of halogens is 1. The van der Waals surface area contributed by atoms with Crippen molar-refractivity contribution in [2.45, 2.75) is 6.42 Å². The van der Waals surface area contributed by atoms with Crippen molar-refractivity contribution in [1.82, 2.24) is 9.80 Å². The molecule has 98 valence electrons. The number of Topliss-reactive ketones (excluding diaryl/α,β-unsaturated/α-hetero) is 1. The van der Waals surface area contributed by atoms with Crippen LogP contribution < -0.4 is 0 Å². The highest BCUT2D eigenvalue weighted by molar-refractivity contribution is 6.31. The molecule has 1 aromatic carbocycles. The Labute approximate surface area is 113 Å². The van der Waals surface area contributed by atoms with Crippen LogP contribution in [0.25, 0.3) is 0 Å². The van der Waals surface area contributed by atoms with Gasteiger partial charge in [-0.1, -0.05) is 23.7 Å². The number of hydrogen-bond donors (Lipinski definition) is 0. The molecule has 3 nitrogen and oxygen atoms in total. The van der Waals surface area contributed by atoms with E-state index in [-0.39, 0.29) is 5.78 Å². The highest BCUT2D eigenvalue weighted by atomic mass is 35.5. The third-order valence-electron chi connectivity index (χ3n) is 3.33. The minimum atomic E-state index is 0.155. The summed E-state index contributed by atoms with van der Waals surface area (Å²) in [6.45, 7) is 4.60. The molecule has 1 aromatic rings. The molecule has 4 heteroatoms. The first-order valence-corrected chi connectivity index (χ1v) is 6.72. The van der Waals surface area contributed by atoms with Crippen molar-refractivity contribution in [3.8, 4) is 0 Å². The average Bonchev–Trinajstić information content (AvgIpc) is 2.54. The van der Waals surface area contributed by atoms with Gasteiger partial charge < -0.3 is 4.90 Å². The molecular formula is C14H19ClN2O. The van der Waals surface area contributed by atoms with E-state index >= 15 is 0 Å². The third-order valence-corrected chi connectivity index (χ3v) is 3.56. The number of benzene rings is 1. The minimum Gasteiger partial charge on any atom is -0.305 e. The van der Waals surface area contributed by atoms with Gasteiger partial charge in [0.15, 0.2) is 5.78 Å². The quantitative estimate of drug-likeness (QED) is 0.784. The topological polar surface area (TPSA) is 23.6 Å². The Hall–Kier alpha value is -0.900. The standard InChI is InChI=1S/C14H19ClN2O/c1-16-6-3-7-17(9-8-16)11-14(18)12-4-2-5-13(15)10-12/h2,4-5,10H,3,6-9,11H2,1H3. The highest BCUT2D eigenvalue weighted by Gasteiger charge is 2.16. The summed E-state index contributed by atoms with van der Waals surface area (Å²) >= 11 is 5.90. The molecule has 0 bridgehead atoms. The molecule has 1 saturated heterocycles. The van der Waals surface area contributed by atoms with Gasteiger partial charge in [0.05, 0.1) is 6.54 Å². The van der Waals surface area contributed by atoms with Gasteiger partial charge in [-0.15, -0.1) is 0 Å². The average molecular weight is 267 g/mol. The van der Waals surface area contributed by atoms with E-state index < -0.39 is 0 Å². The fraction of sp³-hybridized carbons (Fsp3) is 0.500. The van der Waals surface area contributed by atoms with E-state index in [0.717, 1.165) is 32.6 Å². The fourth-order valence-corrected chi connectivity index (χ4v) is 2.40. The van der Waals surface area contributed by atoms with Crippen molar-refractivity contribution >= 4 is 17.4 Å². The summed E-state index contributed by atoms with van der Waals surface area (Å²) in [6, 6.07) is 7.19. The summed E-state index contributed by atoms with van der Waals surface area (Å²) in [6.07, 6.45) is 1.12. The summed E-state index contributed by atoms with van der Waals surface area (Å²) in [5, 5.41) is 0.622. The molecule has 1 aliphatic heterocycles. The van der Waals surface area contributed by atoms with Gasteiger partial charge in [0, 0.05) is 23.7 Å². The number of likely N-dealkylation sites (N-methyl/N-ethyl adjacent to an activating group) is 1. The minimum absolute atomic E-state index is 0.155. The van der Waals surface area contributed by atoms with Crippen LogP contribution >= 0.6 is 11.6 Å². The monoisotopic (exact) mass is 266 g/mol. The van der Waals surface area contributed by atoms with Gasteiger partial charge in [-0.2, -0.15) is 0 Å². The molecule has 0 saturated carbocycles. The first-order chi connectivity index (χ1) is 8.65. The molecule has 0 atom stereocenters. The van der Waals surface area contributed by atoms with Gasteiger partial charge >= 0.3 is 0 Å². The molecule has 1 heterocycles. The van der Waals surface area contributed by atoms with Crippen LogP contribution in [0.1, 0.15) is 16.8 Å². The van der Waals surface area contributed by atoms with Gasteiger partial charge in [-0.3, -0.25) is 9.69 Å². The van der Waals surface area contributed by atoms with Gasteiger partial charge in [0.1, 0.15) is 0 Å². The zero-order valence-corrected chi connectivity index (χ0v) is 11.5. The van der Waals surface area contributed by atoms with Gasteiger partial charge in [0.25, 0.3) is 0 Å². The number of ketones is 1. The van der Waals surface area contributed by atoms with Crippen LogP contribution in [0, 0.1) is 0 Å². The summed E-state index contributed by atoms with van der Waals surface area (Å²) in [4.78, 5) is 16.7. The zero-order valence-electron chi connectivity index (χ0n) is 10.7. The van der Waals surface area contributed by atoms with E-state index in [1.807, 2.05) is 12.1 Å². The summed E-state index contributed by atoms with van der Waals surface area (Å²) < 4.78 is 0. The van der Waals surface area contributed by atoms with E-state index in [4.69, 9.17) is 11.6 Å². The van der Waals surface area contributed by atoms with Crippen molar-refractivity contribution in [1.29, 1.82) is 0 Å². The first-order valence-electron chi connectivity index (χ1n) is 6.35. The number of rotatable bonds is 3. The Kier molecular flexibility index (Phi) is 4.75. The Bertz CT molecular complexity index is 422. The van der Waals surface area contributed by atoms with Crippen LogP contribution in [-0.2, 0) is 0 Å². The predicted molar refractivity (Wildman–Crippen MR) is 74.3 cm³/mol. The first kappa shape index (κ1) is 13.5. The lowest BCUT2D eigenvalue weighted by Crippen LogP contribution is -2.33. The second-order valence-corrected chi connectivity index (χ2v) is 5.30. The molecule has 2 rings (SSSR count). The van der Waals surface area contributed by atoms with Gasteiger partial charge in [-0.05, 0) is 38.7 Å². The normalized spacial score (nSPS) is 18.6. The van der Waals surface area contributed by atoms with Crippen LogP contribution in [0.2, 0.25) is 5.02 Å². The predicted octanol–water partition coefficient (Wildman–Crippen LogP) is 2.16. The van der Waals surface area contributed by atoms with Gasteiger partial charge in [0.2, 0.25) is 0 Å². The molecule has 1 aliphatic rings. The molecule has 0 spiro atoms. The summed E-state index contributed by atoms with van der Waals surface area (Å²) in [7, 11) is 2.13. The molecule has 0 radical (unpaired) electrons. The van der Waals surface area contributed by atoms with Crippen LogP contribution in [0.4, 0.5) is 0 Å². The van der Waals surface area contributed by atoms with Crippen LogP contribution in [0.5, 0.6) is 0 Å². The van der Waals surface area contributed by atoms with Crippen molar-refractivity contribution in [3.63, 3.8) is 0 Å². The van der Waals surface area contributed by atoms with E-state index in [9.17, 15) is 4.79 Å². The van der Waals surface area contributed by atoms with Crippen molar-refractivity contribution < 1.29 is 4.79 Å². The van der Waals surface area contributed by atoms with Crippen molar-refractivity contribution in [2.75, 3.05) is 39.8 Å². The number of carbonyl (C=O) groups is 1. The zero-order chi connectivity index (χ0) is 13.0. The number of hydrogen-bond acceptors (Lipinski definition) is 3. The molecule has 0 N–H and O–H groups in total. The second kappa shape index (κ2) is 6.32. The Balaban J connectivity index is 1.94. The van der Waals surface area contributed by atoms with Crippen molar-refractivity contribution in [3.05, 3.63) is 34.9 Å². The Morgan fingerprint density at radius 1 is 1.28 bits per heavy atom. The molecule has 18 heavy (non-hydrogen) atoms. The lowest BCUT2D eigenvalue weighted by atomic mass is 10.1. The van der Waals surface area contributed by atoms with Crippen LogP contribution in [0.3, 0.4) is 0 Å². The molecule has 0 aromatic heterocycles. The number of nitrogens with zero attached hydrogens (tertiary/aromatic N) is 2. The molecule has 0 unspecified atom stereocenters. The van der Waals surface area contributed by atoms with E-state index in [2.05, 4.69) is 16.8 Å². The smallest absolute Gasteiger partial charge is 0.176 e. The van der Waals surface area contributed by atoms with Crippen LogP contribution in [-0.4, -0.2) is 55.4 Å². The SMILES string of the molecule is CN1CCCN(CC(=O)c2cccc(Cl)c2)CC1. The maximum absolute atomic E-state index is 12.1. The highest BCUT2D eigenvalue weighted by Crippen LogP contribution is 2.12. The van der Waals surface area contributed by atoms with E-state index in [0.29, 0.717) is 17.1 Å². The van der Waals surface area contributed by atoms with Crippen molar-refractivity contribution in [2.24, 2.45) is 0 Å². The summed E-state index contributed by atoms with van der Waals surface area (Å²) in [5.41, 5.74) is 0.708. The molecule has 0 aliphatic carbocycles. The second-order valence-electron chi connectivity index (χ2n) is 4.87. The van der Waals surface area contributed by atoms with Crippen LogP contribution in [0.15, 0.2) is 24.3 Å². The van der Waals surface area contributed by atoms with E-state index in [1.54, 1.807) is 12.1 Å². The number of carbonyl (C=O) groups excluding carboxylic acids is 1. The largest absolute Gasteiger partial charge is 0.305 e. The van der Waals surface area contributed by atoms with Gasteiger partial charge in [-0.25, -0.2) is 0 Å². The lowest BCUT2D eigenvalue weighted by molar-refractivity contribution is 0.0933. The maximum Gasteiger partial charge on any atom is 0.176 e. The Morgan fingerprint density at radius 2 is 2.11 bits per heavy atom. The molecular weight excluding hydrogens is 248 g/mol. The molecule has 0 amide bonds. The Morgan fingerprint density at radius 3 is 2.89 bits per heavy atom.